The number of ether oxygens (including phenoxy) is 2. The van der Waals surface area contributed by atoms with E-state index >= 15 is 4.39 Å². The molecule has 1 N–H and O–H groups in total. The fourth-order valence-corrected chi connectivity index (χ4v) is 5.24. The molecule has 1 aromatic carbocycles. The van der Waals surface area contributed by atoms with Gasteiger partial charge in [-0.2, -0.15) is 0 Å². The summed E-state index contributed by atoms with van der Waals surface area (Å²) >= 11 is 0. The average Bonchev–Trinajstić information content (AvgIpc) is 2.88. The summed E-state index contributed by atoms with van der Waals surface area (Å²) in [5, 5.41) is 4.60. The molecule has 4 heterocycles. The number of rotatable bonds is 8. The Bertz CT molecular complexity index is 1160. The maximum atomic E-state index is 15.1. The van der Waals surface area contributed by atoms with Gasteiger partial charge in [0, 0.05) is 43.3 Å². The second kappa shape index (κ2) is 10.9. The van der Waals surface area contributed by atoms with E-state index in [1.54, 1.807) is 6.20 Å². The van der Waals surface area contributed by atoms with Crippen LogP contribution in [-0.2, 0) is 13.0 Å². The van der Waals surface area contributed by atoms with Crippen molar-refractivity contribution in [2.24, 2.45) is 0 Å². The molecule has 0 saturated carbocycles. The fourth-order valence-electron chi connectivity index (χ4n) is 5.24. The first-order chi connectivity index (χ1) is 17.1. The lowest BCUT2D eigenvalue weighted by molar-refractivity contribution is 0.0992. The standard InChI is InChI=1S/C28H35FN4O2/c1-3-5-20-12-23-22(6-4-7-25(23)31-14-20)19(2)17-33-9-8-26(24(29)18-33)32-15-21-13-27-28(16-30-21)35-11-10-34-27/h4,6-7,12-14,16,19,24,26,32H,3,5,8-11,15,17-18H2,1-2H3. The normalized spacial score (nSPS) is 21.2. The van der Waals surface area contributed by atoms with Crippen LogP contribution < -0.4 is 14.8 Å². The average molecular weight is 479 g/mol. The van der Waals surface area contributed by atoms with Crippen LogP contribution in [0.2, 0.25) is 0 Å². The molecule has 35 heavy (non-hydrogen) atoms. The third-order valence-corrected chi connectivity index (χ3v) is 7.08. The van der Waals surface area contributed by atoms with Crippen molar-refractivity contribution in [3.63, 3.8) is 0 Å². The molecule has 1 fully saturated rings. The van der Waals surface area contributed by atoms with Crippen LogP contribution in [0.5, 0.6) is 11.5 Å². The second-order valence-electron chi connectivity index (χ2n) is 9.78. The molecule has 0 amide bonds. The molecule has 0 radical (unpaired) electrons. The summed E-state index contributed by atoms with van der Waals surface area (Å²) in [5.74, 6) is 1.69. The van der Waals surface area contributed by atoms with Gasteiger partial charge in [-0.25, -0.2) is 4.39 Å². The number of benzene rings is 1. The molecule has 0 aliphatic carbocycles. The summed E-state index contributed by atoms with van der Waals surface area (Å²) in [6, 6.07) is 10.4. The van der Waals surface area contributed by atoms with Gasteiger partial charge in [-0.15, -0.1) is 0 Å². The van der Waals surface area contributed by atoms with Gasteiger partial charge in [0.1, 0.15) is 19.4 Å². The molecule has 3 atom stereocenters. The first kappa shape index (κ1) is 23.9. The van der Waals surface area contributed by atoms with Crippen molar-refractivity contribution in [1.29, 1.82) is 0 Å². The molecule has 7 heteroatoms. The third-order valence-electron chi connectivity index (χ3n) is 7.08. The number of alkyl halides is 1. The van der Waals surface area contributed by atoms with E-state index in [1.807, 2.05) is 12.3 Å². The molecule has 2 aromatic heterocycles. The van der Waals surface area contributed by atoms with Crippen LogP contribution in [0.25, 0.3) is 10.9 Å². The van der Waals surface area contributed by atoms with Crippen molar-refractivity contribution >= 4 is 10.9 Å². The first-order valence-corrected chi connectivity index (χ1v) is 12.8. The van der Waals surface area contributed by atoms with E-state index in [4.69, 9.17) is 9.47 Å². The third kappa shape index (κ3) is 5.57. The SMILES string of the molecule is CCCc1cnc2cccc(C(C)CN3CCC(NCc4cc5c(cn4)OCCO5)C(F)C3)c2c1. The predicted molar refractivity (Wildman–Crippen MR) is 136 cm³/mol. The van der Waals surface area contributed by atoms with E-state index in [0.29, 0.717) is 43.7 Å². The van der Waals surface area contributed by atoms with Crippen LogP contribution >= 0.6 is 0 Å². The minimum absolute atomic E-state index is 0.171. The molecule has 186 valence electrons. The molecule has 0 bridgehead atoms. The maximum absolute atomic E-state index is 15.1. The van der Waals surface area contributed by atoms with E-state index in [1.165, 1.54) is 16.5 Å². The Kier molecular flexibility index (Phi) is 7.44. The van der Waals surface area contributed by atoms with Crippen molar-refractivity contribution < 1.29 is 13.9 Å². The van der Waals surface area contributed by atoms with Crippen molar-refractivity contribution in [1.82, 2.24) is 20.2 Å². The number of nitrogens with one attached hydrogen (secondary N) is 1. The van der Waals surface area contributed by atoms with E-state index in [2.05, 4.69) is 58.3 Å². The number of hydrogen-bond acceptors (Lipinski definition) is 6. The maximum Gasteiger partial charge on any atom is 0.179 e. The van der Waals surface area contributed by atoms with Crippen LogP contribution in [0, 0.1) is 0 Å². The van der Waals surface area contributed by atoms with Crippen molar-refractivity contribution in [3.05, 3.63) is 59.5 Å². The zero-order valence-electron chi connectivity index (χ0n) is 20.7. The first-order valence-electron chi connectivity index (χ1n) is 12.8. The van der Waals surface area contributed by atoms with Crippen molar-refractivity contribution in [3.8, 4) is 11.5 Å². The number of nitrogens with zero attached hydrogens (tertiary/aromatic N) is 3. The number of aromatic nitrogens is 2. The molecule has 1 saturated heterocycles. The lowest BCUT2D eigenvalue weighted by Gasteiger charge is -2.36. The Hall–Kier alpha value is -2.77. The van der Waals surface area contributed by atoms with E-state index in [0.717, 1.165) is 43.6 Å². The summed E-state index contributed by atoms with van der Waals surface area (Å²) in [6.07, 6.45) is 5.69. The Morgan fingerprint density at radius 2 is 2.00 bits per heavy atom. The quantitative estimate of drug-likeness (QED) is 0.508. The topological polar surface area (TPSA) is 59.5 Å². The smallest absolute Gasteiger partial charge is 0.179 e. The van der Waals surface area contributed by atoms with Gasteiger partial charge in [0.25, 0.3) is 0 Å². The number of hydrogen-bond donors (Lipinski definition) is 1. The molecule has 0 spiro atoms. The Balaban J connectivity index is 1.17. The number of pyridine rings is 2. The zero-order chi connectivity index (χ0) is 24.2. The lowest BCUT2D eigenvalue weighted by Crippen LogP contribution is -2.51. The van der Waals surface area contributed by atoms with Crippen LogP contribution in [0.3, 0.4) is 0 Å². The number of halogens is 1. The lowest BCUT2D eigenvalue weighted by atomic mass is 9.93. The number of fused-ring (bicyclic) bond motifs is 2. The fraction of sp³-hybridized carbons (Fsp3) is 0.500. The molecule has 2 aliphatic heterocycles. The second-order valence-corrected chi connectivity index (χ2v) is 9.78. The van der Waals surface area contributed by atoms with E-state index < -0.39 is 6.17 Å². The Morgan fingerprint density at radius 1 is 1.14 bits per heavy atom. The van der Waals surface area contributed by atoms with Gasteiger partial charge >= 0.3 is 0 Å². The van der Waals surface area contributed by atoms with Gasteiger partial charge in [0.05, 0.1) is 17.4 Å². The molecule has 3 aromatic rings. The van der Waals surface area contributed by atoms with E-state index in [-0.39, 0.29) is 6.04 Å². The highest BCUT2D eigenvalue weighted by Crippen LogP contribution is 2.30. The summed E-state index contributed by atoms with van der Waals surface area (Å²) in [4.78, 5) is 11.4. The van der Waals surface area contributed by atoms with Gasteiger partial charge < -0.3 is 14.8 Å². The van der Waals surface area contributed by atoms with Crippen LogP contribution in [0.4, 0.5) is 4.39 Å². The van der Waals surface area contributed by atoms with Crippen molar-refractivity contribution in [2.75, 3.05) is 32.8 Å². The highest BCUT2D eigenvalue weighted by molar-refractivity contribution is 5.83. The molecular formula is C28H35FN4O2. The minimum atomic E-state index is -0.918. The zero-order valence-corrected chi connectivity index (χ0v) is 20.7. The van der Waals surface area contributed by atoms with Gasteiger partial charge in [-0.1, -0.05) is 32.4 Å². The minimum Gasteiger partial charge on any atom is -0.486 e. The largest absolute Gasteiger partial charge is 0.486 e. The van der Waals surface area contributed by atoms with Crippen LogP contribution in [0.1, 0.15) is 49.4 Å². The van der Waals surface area contributed by atoms with Crippen LogP contribution in [0.15, 0.2) is 42.7 Å². The Morgan fingerprint density at radius 3 is 2.83 bits per heavy atom. The Labute approximate surface area is 206 Å². The molecule has 2 aliphatic rings. The predicted octanol–water partition coefficient (Wildman–Crippen LogP) is 4.66. The van der Waals surface area contributed by atoms with Gasteiger partial charge in [-0.05, 0) is 48.6 Å². The molecule has 3 unspecified atom stereocenters. The molecule has 6 nitrogen and oxygen atoms in total. The van der Waals surface area contributed by atoms with Crippen molar-refractivity contribution in [2.45, 2.75) is 57.8 Å². The highest BCUT2D eigenvalue weighted by Gasteiger charge is 2.30. The van der Waals surface area contributed by atoms with Gasteiger partial charge in [0.2, 0.25) is 0 Å². The number of likely N-dealkylation sites (tertiary alicyclic amines) is 1. The van der Waals surface area contributed by atoms with Gasteiger partial charge in [0.15, 0.2) is 11.5 Å². The summed E-state index contributed by atoms with van der Waals surface area (Å²) in [5.41, 5.74) is 4.45. The van der Waals surface area contributed by atoms with Gasteiger partial charge in [-0.3, -0.25) is 14.9 Å². The number of piperidine rings is 1. The highest BCUT2D eigenvalue weighted by atomic mass is 19.1. The summed E-state index contributed by atoms with van der Waals surface area (Å²) in [6.45, 7) is 8.20. The summed E-state index contributed by atoms with van der Waals surface area (Å²) in [7, 11) is 0. The number of aryl methyl sites for hydroxylation is 1. The summed E-state index contributed by atoms with van der Waals surface area (Å²) < 4.78 is 26.3. The van der Waals surface area contributed by atoms with E-state index in [9.17, 15) is 0 Å². The van der Waals surface area contributed by atoms with Crippen LogP contribution in [-0.4, -0.2) is 59.9 Å². The molecular weight excluding hydrogens is 443 g/mol. The molecule has 5 rings (SSSR count). The monoisotopic (exact) mass is 478 g/mol.